The number of imidazole rings is 1. The van der Waals surface area contributed by atoms with Crippen LogP contribution in [0.15, 0.2) is 36.8 Å². The first kappa shape index (κ1) is 31.2. The van der Waals surface area contributed by atoms with Crippen molar-refractivity contribution in [2.75, 3.05) is 0 Å². The zero-order chi connectivity index (χ0) is 29.8. The monoisotopic (exact) mass is 561 g/mol. The van der Waals surface area contributed by atoms with E-state index in [9.17, 15) is 44.1 Å². The van der Waals surface area contributed by atoms with Gasteiger partial charge in [0.2, 0.25) is 23.6 Å². The smallest absolute Gasteiger partial charge is 0.326 e. The Labute approximate surface area is 227 Å². The average Bonchev–Trinajstić information content (AvgIpc) is 3.39. The Morgan fingerprint density at radius 2 is 1.48 bits per heavy atom. The summed E-state index contributed by atoms with van der Waals surface area (Å²) >= 11 is 0. The number of aromatic amines is 1. The highest BCUT2D eigenvalue weighted by Crippen LogP contribution is 2.11. The molecule has 1 aromatic heterocycles. The molecule has 0 bridgehead atoms. The van der Waals surface area contributed by atoms with E-state index in [0.29, 0.717) is 11.3 Å². The Balaban J connectivity index is 2.14. The fourth-order valence-electron chi connectivity index (χ4n) is 3.56. The largest absolute Gasteiger partial charge is 0.508 e. The molecule has 0 saturated carbocycles. The molecular weight excluding hydrogens is 530 g/mol. The zero-order valence-corrected chi connectivity index (χ0v) is 21.2. The van der Waals surface area contributed by atoms with Gasteiger partial charge < -0.3 is 47.7 Å². The maximum atomic E-state index is 13.0. The molecule has 4 unspecified atom stereocenters. The Hall–Kier alpha value is -4.99. The van der Waals surface area contributed by atoms with Gasteiger partial charge in [0.15, 0.2) is 0 Å². The number of phenols is 1. The molecule has 4 amide bonds. The summed E-state index contributed by atoms with van der Waals surface area (Å²) in [6.45, 7) is 0. The summed E-state index contributed by atoms with van der Waals surface area (Å²) in [5.74, 6) is -6.58. The third kappa shape index (κ3) is 10.4. The number of hydrogen-bond acceptors (Lipinski definition) is 9. The standard InChI is InChI=1S/C24H31N7O9/c25-15(7-12-1-3-14(32)4-2-12)21(36)29-16(5-6-19(26)33)22(37)30-17(9-20(34)35)23(38)31-18(24(39)40)8-13-10-27-11-28-13/h1-4,10-11,15-18,32H,5-9,25H2,(H2,26,33)(H,27,28)(H,29,36)(H,30,37)(H,31,38)(H,34,35)(H,39,40). The SMILES string of the molecule is NC(=O)CCC(NC(=O)C(N)Cc1ccc(O)cc1)C(=O)NC(CC(=O)O)C(=O)NC(Cc1cnc[nH]1)C(=O)O. The lowest BCUT2D eigenvalue weighted by Crippen LogP contribution is -2.58. The molecule has 1 aromatic carbocycles. The number of carboxylic acid groups (broad SMARTS) is 2. The van der Waals surface area contributed by atoms with E-state index >= 15 is 0 Å². The number of nitrogens with two attached hydrogens (primary N) is 2. The van der Waals surface area contributed by atoms with E-state index in [-0.39, 0.29) is 31.4 Å². The van der Waals surface area contributed by atoms with Crippen molar-refractivity contribution in [3.63, 3.8) is 0 Å². The number of nitrogens with zero attached hydrogens (tertiary/aromatic N) is 1. The number of H-pyrrole nitrogens is 1. The van der Waals surface area contributed by atoms with E-state index in [1.807, 2.05) is 0 Å². The number of carbonyl (C=O) groups excluding carboxylic acids is 4. The zero-order valence-electron chi connectivity index (χ0n) is 21.2. The van der Waals surface area contributed by atoms with E-state index in [1.54, 1.807) is 12.1 Å². The molecule has 11 N–H and O–H groups in total. The third-order valence-electron chi connectivity index (χ3n) is 5.65. The molecule has 2 aromatic rings. The number of carbonyl (C=O) groups is 6. The number of aromatic hydroxyl groups is 1. The van der Waals surface area contributed by atoms with E-state index < -0.39 is 66.2 Å². The molecule has 0 aliphatic rings. The van der Waals surface area contributed by atoms with Crippen LogP contribution in [0.2, 0.25) is 0 Å². The highest BCUT2D eigenvalue weighted by Gasteiger charge is 2.32. The highest BCUT2D eigenvalue weighted by atomic mass is 16.4. The van der Waals surface area contributed by atoms with Gasteiger partial charge in [0, 0.05) is 24.7 Å². The summed E-state index contributed by atoms with van der Waals surface area (Å²) in [6, 6.07) is 0.107. The summed E-state index contributed by atoms with van der Waals surface area (Å²) in [4.78, 5) is 79.4. The summed E-state index contributed by atoms with van der Waals surface area (Å²) < 4.78 is 0. The van der Waals surface area contributed by atoms with Crippen LogP contribution in [0.1, 0.15) is 30.5 Å². The normalized spacial score (nSPS) is 13.7. The molecular formula is C24H31N7O9. The van der Waals surface area contributed by atoms with Crippen molar-refractivity contribution in [1.82, 2.24) is 25.9 Å². The van der Waals surface area contributed by atoms with Gasteiger partial charge in [-0.15, -0.1) is 0 Å². The van der Waals surface area contributed by atoms with Crippen LogP contribution in [0.25, 0.3) is 0 Å². The summed E-state index contributed by atoms with van der Waals surface area (Å²) in [5.41, 5.74) is 12.1. The number of carboxylic acids is 2. The number of rotatable bonds is 16. The second kappa shape index (κ2) is 14.8. The van der Waals surface area contributed by atoms with Gasteiger partial charge in [-0.3, -0.25) is 24.0 Å². The first-order valence-electron chi connectivity index (χ1n) is 12.0. The predicted molar refractivity (Wildman–Crippen MR) is 136 cm³/mol. The topological polar surface area (TPSA) is 280 Å². The molecule has 0 aliphatic carbocycles. The average molecular weight is 562 g/mol. The van der Waals surface area contributed by atoms with Gasteiger partial charge >= 0.3 is 11.9 Å². The van der Waals surface area contributed by atoms with Crippen molar-refractivity contribution in [2.24, 2.45) is 11.5 Å². The van der Waals surface area contributed by atoms with Gasteiger partial charge in [-0.1, -0.05) is 12.1 Å². The first-order chi connectivity index (χ1) is 18.8. The Morgan fingerprint density at radius 1 is 0.875 bits per heavy atom. The van der Waals surface area contributed by atoms with Crippen LogP contribution in [-0.4, -0.2) is 85.0 Å². The van der Waals surface area contributed by atoms with Crippen LogP contribution < -0.4 is 27.4 Å². The van der Waals surface area contributed by atoms with Gasteiger partial charge in [0.25, 0.3) is 0 Å². The van der Waals surface area contributed by atoms with Gasteiger partial charge in [-0.2, -0.15) is 0 Å². The van der Waals surface area contributed by atoms with Crippen LogP contribution >= 0.6 is 0 Å². The van der Waals surface area contributed by atoms with Crippen LogP contribution in [-0.2, 0) is 41.6 Å². The van der Waals surface area contributed by atoms with Crippen LogP contribution in [0.3, 0.4) is 0 Å². The lowest BCUT2D eigenvalue weighted by molar-refractivity contribution is -0.143. The number of amides is 4. The number of phenolic OH excluding ortho intramolecular Hbond substituents is 1. The molecule has 0 fully saturated rings. The molecule has 16 heteroatoms. The van der Waals surface area contributed by atoms with Gasteiger partial charge in [-0.25, -0.2) is 9.78 Å². The predicted octanol–water partition coefficient (Wildman–Crippen LogP) is -2.49. The molecule has 0 spiro atoms. The molecule has 16 nitrogen and oxygen atoms in total. The van der Waals surface area contributed by atoms with Crippen LogP contribution in [0.4, 0.5) is 0 Å². The van der Waals surface area contributed by atoms with Crippen molar-refractivity contribution in [2.45, 2.75) is 56.3 Å². The molecule has 2 rings (SSSR count). The third-order valence-corrected chi connectivity index (χ3v) is 5.65. The van der Waals surface area contributed by atoms with Crippen molar-refractivity contribution in [1.29, 1.82) is 0 Å². The second-order valence-corrected chi connectivity index (χ2v) is 8.88. The Morgan fingerprint density at radius 3 is 2.02 bits per heavy atom. The number of primary amides is 1. The minimum absolute atomic E-state index is 0.0147. The minimum Gasteiger partial charge on any atom is -0.508 e. The quantitative estimate of drug-likeness (QED) is 0.103. The first-order valence-corrected chi connectivity index (χ1v) is 12.0. The highest BCUT2D eigenvalue weighted by molar-refractivity contribution is 5.95. The number of benzene rings is 1. The fraction of sp³-hybridized carbons (Fsp3) is 0.375. The van der Waals surface area contributed by atoms with E-state index in [0.717, 1.165) is 0 Å². The van der Waals surface area contributed by atoms with Crippen molar-refractivity contribution < 1.29 is 44.1 Å². The molecule has 216 valence electrons. The summed E-state index contributed by atoms with van der Waals surface area (Å²) in [6.07, 6.45) is 0.936. The number of hydrogen-bond donors (Lipinski definition) is 9. The molecule has 1 heterocycles. The van der Waals surface area contributed by atoms with E-state index in [1.165, 1.54) is 24.7 Å². The lowest BCUT2D eigenvalue weighted by Gasteiger charge is -2.24. The minimum atomic E-state index is -1.73. The fourth-order valence-corrected chi connectivity index (χ4v) is 3.56. The molecule has 40 heavy (non-hydrogen) atoms. The Kier molecular flexibility index (Phi) is 11.6. The summed E-state index contributed by atoms with van der Waals surface area (Å²) in [7, 11) is 0. The van der Waals surface area contributed by atoms with Gasteiger partial charge in [0.05, 0.1) is 18.8 Å². The molecule has 0 saturated heterocycles. The van der Waals surface area contributed by atoms with Crippen LogP contribution in [0.5, 0.6) is 5.75 Å². The maximum absolute atomic E-state index is 13.0. The molecule has 0 radical (unpaired) electrons. The Bertz CT molecular complexity index is 1200. The molecule has 0 aliphatic heterocycles. The molecule has 4 atom stereocenters. The van der Waals surface area contributed by atoms with Crippen LogP contribution in [0, 0.1) is 0 Å². The van der Waals surface area contributed by atoms with Crippen molar-refractivity contribution in [3.05, 3.63) is 48.0 Å². The lowest BCUT2D eigenvalue weighted by atomic mass is 10.0. The number of aliphatic carboxylic acids is 2. The van der Waals surface area contributed by atoms with Crippen molar-refractivity contribution in [3.8, 4) is 5.75 Å². The number of nitrogens with one attached hydrogen (secondary N) is 4. The number of aromatic nitrogens is 2. The van der Waals surface area contributed by atoms with Gasteiger partial charge in [0.1, 0.15) is 23.9 Å². The summed E-state index contributed by atoms with van der Waals surface area (Å²) in [5, 5.41) is 34.9. The van der Waals surface area contributed by atoms with Gasteiger partial charge in [-0.05, 0) is 30.5 Å². The van der Waals surface area contributed by atoms with E-state index in [2.05, 4.69) is 25.9 Å². The van der Waals surface area contributed by atoms with Crippen molar-refractivity contribution >= 4 is 35.6 Å². The second-order valence-electron chi connectivity index (χ2n) is 8.88. The van der Waals surface area contributed by atoms with E-state index in [4.69, 9.17) is 11.5 Å². The maximum Gasteiger partial charge on any atom is 0.326 e.